The van der Waals surface area contributed by atoms with Gasteiger partial charge in [0.1, 0.15) is 0 Å². The molecule has 7 heteroatoms. The Kier molecular flexibility index (Phi) is 4.41. The molecule has 3 rings (SSSR count). The summed E-state index contributed by atoms with van der Waals surface area (Å²) in [5.41, 5.74) is 1.59. The average molecular weight is 336 g/mol. The molecule has 0 bridgehead atoms. The Labute approximate surface area is 135 Å². The summed E-state index contributed by atoms with van der Waals surface area (Å²) < 4.78 is 30.1. The predicted molar refractivity (Wildman–Crippen MR) is 88.3 cm³/mol. The van der Waals surface area contributed by atoms with Crippen molar-refractivity contribution in [1.29, 1.82) is 0 Å². The highest BCUT2D eigenvalue weighted by molar-refractivity contribution is 7.91. The molecule has 1 amide bonds. The molecular weight excluding hydrogens is 316 g/mol. The van der Waals surface area contributed by atoms with E-state index in [-0.39, 0.29) is 23.5 Å². The zero-order valence-corrected chi connectivity index (χ0v) is 13.8. The van der Waals surface area contributed by atoms with E-state index in [1.165, 1.54) is 0 Å². The lowest BCUT2D eigenvalue weighted by Gasteiger charge is -2.11. The third kappa shape index (κ3) is 3.56. The van der Waals surface area contributed by atoms with Crippen molar-refractivity contribution in [2.24, 2.45) is 0 Å². The normalized spacial score (nSPS) is 20.0. The highest BCUT2D eigenvalue weighted by atomic mass is 32.2. The first-order chi connectivity index (χ1) is 11.0. The molecule has 2 aromatic rings. The first kappa shape index (κ1) is 16.0. The van der Waals surface area contributed by atoms with E-state index in [1.54, 1.807) is 13.2 Å². The van der Waals surface area contributed by atoms with Gasteiger partial charge in [-0.2, -0.15) is 0 Å². The van der Waals surface area contributed by atoms with Gasteiger partial charge in [0.2, 0.25) is 0 Å². The molecule has 0 aliphatic carbocycles. The van der Waals surface area contributed by atoms with Gasteiger partial charge in [-0.1, -0.05) is 0 Å². The Bertz CT molecular complexity index is 826. The minimum atomic E-state index is -2.99. The maximum Gasteiger partial charge on any atom is 0.251 e. The van der Waals surface area contributed by atoms with Crippen LogP contribution < -0.4 is 5.32 Å². The van der Waals surface area contributed by atoms with Crippen LogP contribution in [0.5, 0.6) is 0 Å². The van der Waals surface area contributed by atoms with Crippen LogP contribution in [0.25, 0.3) is 10.9 Å². The molecule has 1 aliphatic rings. The van der Waals surface area contributed by atoms with Gasteiger partial charge in [0, 0.05) is 42.4 Å². The summed E-state index contributed by atoms with van der Waals surface area (Å²) in [4.78, 5) is 12.3. The largest absolute Gasteiger partial charge is 0.383 e. The number of fused-ring (bicyclic) bond motifs is 1. The van der Waals surface area contributed by atoms with Crippen LogP contribution in [0.2, 0.25) is 0 Å². The molecule has 1 saturated heterocycles. The van der Waals surface area contributed by atoms with E-state index in [4.69, 9.17) is 4.74 Å². The molecular formula is C16H20N2O4S. The summed E-state index contributed by atoms with van der Waals surface area (Å²) in [6.45, 7) is 1.38. The fourth-order valence-electron chi connectivity index (χ4n) is 2.90. The Morgan fingerprint density at radius 1 is 1.39 bits per heavy atom. The van der Waals surface area contributed by atoms with Gasteiger partial charge in [-0.25, -0.2) is 8.42 Å². The number of carbonyl (C=O) groups is 1. The van der Waals surface area contributed by atoms with Crippen molar-refractivity contribution in [3.05, 3.63) is 36.0 Å². The summed E-state index contributed by atoms with van der Waals surface area (Å²) in [7, 11) is -1.33. The van der Waals surface area contributed by atoms with Crippen LogP contribution in [0, 0.1) is 0 Å². The van der Waals surface area contributed by atoms with E-state index in [9.17, 15) is 13.2 Å². The fraction of sp³-hybridized carbons (Fsp3) is 0.438. The molecule has 1 N–H and O–H groups in total. The van der Waals surface area contributed by atoms with Gasteiger partial charge in [-0.3, -0.25) is 4.79 Å². The summed E-state index contributed by atoms with van der Waals surface area (Å²) >= 11 is 0. The second-order valence-electron chi connectivity index (χ2n) is 5.85. The Balaban J connectivity index is 1.74. The van der Waals surface area contributed by atoms with E-state index in [1.807, 2.05) is 24.4 Å². The zero-order chi connectivity index (χ0) is 16.4. The Hall–Kier alpha value is -1.86. The van der Waals surface area contributed by atoms with Crippen molar-refractivity contribution in [3.63, 3.8) is 0 Å². The molecule has 0 unspecified atom stereocenters. The van der Waals surface area contributed by atoms with Gasteiger partial charge in [-0.05, 0) is 30.7 Å². The van der Waals surface area contributed by atoms with Crippen molar-refractivity contribution >= 4 is 26.6 Å². The molecule has 0 spiro atoms. The van der Waals surface area contributed by atoms with Crippen molar-refractivity contribution in [2.45, 2.75) is 19.0 Å². The second-order valence-corrected chi connectivity index (χ2v) is 8.08. The van der Waals surface area contributed by atoms with Crippen LogP contribution in [-0.4, -0.2) is 50.2 Å². The number of carbonyl (C=O) groups excluding carboxylic acids is 1. The van der Waals surface area contributed by atoms with Crippen LogP contribution in [0.15, 0.2) is 30.5 Å². The van der Waals surface area contributed by atoms with Crippen molar-refractivity contribution in [3.8, 4) is 0 Å². The number of methoxy groups -OCH3 is 1. The highest BCUT2D eigenvalue weighted by Crippen LogP contribution is 2.19. The average Bonchev–Trinajstić information content (AvgIpc) is 3.07. The van der Waals surface area contributed by atoms with Crippen molar-refractivity contribution in [2.75, 3.05) is 25.2 Å². The maximum absolute atomic E-state index is 12.3. The second kappa shape index (κ2) is 6.33. The van der Waals surface area contributed by atoms with Gasteiger partial charge in [0.05, 0.1) is 18.1 Å². The van der Waals surface area contributed by atoms with Gasteiger partial charge in [0.25, 0.3) is 5.91 Å². The number of rotatable bonds is 5. The third-order valence-electron chi connectivity index (χ3n) is 4.14. The van der Waals surface area contributed by atoms with E-state index < -0.39 is 9.84 Å². The van der Waals surface area contributed by atoms with Gasteiger partial charge >= 0.3 is 0 Å². The lowest BCUT2D eigenvalue weighted by Crippen LogP contribution is -2.35. The van der Waals surface area contributed by atoms with Gasteiger partial charge < -0.3 is 14.6 Å². The predicted octanol–water partition coefficient (Wildman–Crippen LogP) is 1.20. The number of nitrogens with zero attached hydrogens (tertiary/aromatic N) is 1. The van der Waals surface area contributed by atoms with E-state index in [0.717, 1.165) is 17.4 Å². The van der Waals surface area contributed by atoms with Crippen LogP contribution in [0.1, 0.15) is 16.8 Å². The molecule has 1 atom stereocenters. The quantitative estimate of drug-likeness (QED) is 0.890. The molecule has 0 radical (unpaired) electrons. The summed E-state index contributed by atoms with van der Waals surface area (Å²) in [6, 6.07) is 7.18. The molecule has 2 heterocycles. The molecule has 124 valence electrons. The number of hydrogen-bond acceptors (Lipinski definition) is 4. The SMILES string of the molecule is COCCn1ccc2cc(C(=O)N[C@@H]3CCS(=O)(=O)C3)ccc21. The molecule has 1 aromatic heterocycles. The maximum atomic E-state index is 12.3. The monoisotopic (exact) mass is 336 g/mol. The van der Waals surface area contributed by atoms with E-state index >= 15 is 0 Å². The third-order valence-corrected chi connectivity index (χ3v) is 5.91. The molecule has 6 nitrogen and oxygen atoms in total. The number of hydrogen-bond donors (Lipinski definition) is 1. The van der Waals surface area contributed by atoms with Gasteiger partial charge in [-0.15, -0.1) is 0 Å². The van der Waals surface area contributed by atoms with Crippen molar-refractivity contribution in [1.82, 2.24) is 9.88 Å². The number of sulfone groups is 1. The first-order valence-corrected chi connectivity index (χ1v) is 9.40. The standard InChI is InChI=1S/C16H20N2O4S/c1-22-8-7-18-6-4-12-10-13(2-3-15(12)18)16(19)17-14-5-9-23(20,21)11-14/h2-4,6,10,14H,5,7-9,11H2,1H3,(H,17,19)/t14-/m1/s1. The number of ether oxygens (including phenoxy) is 1. The number of benzene rings is 1. The summed E-state index contributed by atoms with van der Waals surface area (Å²) in [5.74, 6) is -0.0353. The molecule has 0 saturated carbocycles. The summed E-state index contributed by atoms with van der Waals surface area (Å²) in [6.07, 6.45) is 2.46. The molecule has 1 fully saturated rings. The Morgan fingerprint density at radius 3 is 2.91 bits per heavy atom. The smallest absolute Gasteiger partial charge is 0.251 e. The first-order valence-electron chi connectivity index (χ1n) is 7.57. The Morgan fingerprint density at radius 2 is 2.22 bits per heavy atom. The zero-order valence-electron chi connectivity index (χ0n) is 13.0. The minimum Gasteiger partial charge on any atom is -0.383 e. The number of amides is 1. The summed E-state index contributed by atoms with van der Waals surface area (Å²) in [5, 5.41) is 3.79. The van der Waals surface area contributed by atoms with Crippen LogP contribution in [-0.2, 0) is 21.1 Å². The highest BCUT2D eigenvalue weighted by Gasteiger charge is 2.29. The lowest BCUT2D eigenvalue weighted by atomic mass is 10.1. The molecule has 1 aliphatic heterocycles. The minimum absolute atomic E-state index is 0.0361. The van der Waals surface area contributed by atoms with Gasteiger partial charge in [0.15, 0.2) is 9.84 Å². The van der Waals surface area contributed by atoms with E-state index in [0.29, 0.717) is 18.6 Å². The number of nitrogens with one attached hydrogen (secondary N) is 1. The van der Waals surface area contributed by atoms with E-state index in [2.05, 4.69) is 9.88 Å². The lowest BCUT2D eigenvalue weighted by molar-refractivity contribution is 0.0941. The van der Waals surface area contributed by atoms with Crippen LogP contribution in [0.3, 0.4) is 0 Å². The molecule has 23 heavy (non-hydrogen) atoms. The van der Waals surface area contributed by atoms with Crippen LogP contribution >= 0.6 is 0 Å². The topological polar surface area (TPSA) is 77.4 Å². The van der Waals surface area contributed by atoms with Crippen molar-refractivity contribution < 1.29 is 17.9 Å². The fourth-order valence-corrected chi connectivity index (χ4v) is 4.58. The number of aromatic nitrogens is 1. The van der Waals surface area contributed by atoms with Crippen LogP contribution in [0.4, 0.5) is 0 Å². The molecule has 1 aromatic carbocycles.